The number of nitrogens with one attached hydrogen (secondary N) is 2. The Hall–Kier alpha value is -2.79. The Labute approximate surface area is 182 Å². The maximum absolute atomic E-state index is 12.5. The molecular weight excluding hydrogens is 390 g/mol. The summed E-state index contributed by atoms with van der Waals surface area (Å²) < 4.78 is 0. The third kappa shape index (κ3) is 4.51. The van der Waals surface area contributed by atoms with Crippen LogP contribution in [0.2, 0.25) is 0 Å². The molecule has 0 bridgehead atoms. The fourth-order valence-electron chi connectivity index (χ4n) is 3.85. The minimum Gasteiger partial charge on any atom is -0.357 e. The molecule has 0 saturated carbocycles. The molecule has 1 saturated heterocycles. The Kier molecular flexibility index (Phi) is 6.09. The van der Waals surface area contributed by atoms with Gasteiger partial charge in [0.25, 0.3) is 0 Å². The number of rotatable bonds is 5. The first-order chi connectivity index (χ1) is 14.6. The summed E-state index contributed by atoms with van der Waals surface area (Å²) in [7, 11) is 1.67. The second-order valence-electron chi connectivity index (χ2n) is 7.87. The lowest BCUT2D eigenvalue weighted by molar-refractivity contribution is -0.121. The van der Waals surface area contributed by atoms with Crippen LogP contribution in [-0.2, 0) is 16.8 Å². The van der Waals surface area contributed by atoms with Crippen molar-refractivity contribution >= 4 is 33.6 Å². The molecule has 2 atom stereocenters. The van der Waals surface area contributed by atoms with E-state index in [4.69, 9.17) is 4.99 Å². The molecule has 1 fully saturated rings. The SMILES string of the molecule is CNC(=O)[C@H](Cc1ccccc1)N=C1NC(C)(c2ccc3ccccc3c2)CCS1. The first-order valence-electron chi connectivity index (χ1n) is 10.3. The van der Waals surface area contributed by atoms with Crippen molar-refractivity contribution in [2.24, 2.45) is 4.99 Å². The lowest BCUT2D eigenvalue weighted by atomic mass is 9.88. The van der Waals surface area contributed by atoms with Crippen LogP contribution in [0.5, 0.6) is 0 Å². The fourth-order valence-corrected chi connectivity index (χ4v) is 5.05. The van der Waals surface area contributed by atoms with E-state index in [0.717, 1.165) is 22.9 Å². The van der Waals surface area contributed by atoms with Gasteiger partial charge >= 0.3 is 0 Å². The van der Waals surface area contributed by atoms with E-state index in [1.807, 2.05) is 30.3 Å². The number of thioether (sulfide) groups is 1. The highest BCUT2D eigenvalue weighted by Gasteiger charge is 2.32. The Balaban J connectivity index is 1.60. The van der Waals surface area contributed by atoms with Gasteiger partial charge in [-0.2, -0.15) is 0 Å². The number of benzene rings is 3. The molecule has 4 nitrogen and oxygen atoms in total. The standard InChI is InChI=1S/C25H27N3OS/c1-25(21-13-12-19-10-6-7-11-20(19)17-21)14-15-30-24(28-25)27-22(23(29)26-2)16-18-8-4-3-5-9-18/h3-13,17,22H,14-16H2,1-2H3,(H,26,29)(H,27,28)/t22-,25?/m0/s1. The van der Waals surface area contributed by atoms with Gasteiger partial charge in [-0.15, -0.1) is 0 Å². The van der Waals surface area contributed by atoms with Crippen LogP contribution in [0.4, 0.5) is 0 Å². The lowest BCUT2D eigenvalue weighted by Crippen LogP contribution is -2.47. The predicted octanol–water partition coefficient (Wildman–Crippen LogP) is 4.49. The number of hydrogen-bond acceptors (Lipinski definition) is 3. The van der Waals surface area contributed by atoms with Crippen LogP contribution in [0.3, 0.4) is 0 Å². The van der Waals surface area contributed by atoms with Gasteiger partial charge in [0.15, 0.2) is 5.17 Å². The molecule has 0 spiro atoms. The number of amidine groups is 1. The topological polar surface area (TPSA) is 53.5 Å². The van der Waals surface area contributed by atoms with Gasteiger partial charge < -0.3 is 10.6 Å². The molecule has 1 unspecified atom stereocenters. The maximum Gasteiger partial charge on any atom is 0.244 e. The molecule has 2 N–H and O–H groups in total. The number of nitrogens with zero attached hydrogens (tertiary/aromatic N) is 1. The number of hydrogen-bond donors (Lipinski definition) is 2. The van der Waals surface area contributed by atoms with Gasteiger partial charge in [-0.3, -0.25) is 4.79 Å². The molecule has 0 radical (unpaired) electrons. The molecule has 3 aromatic rings. The van der Waals surface area contributed by atoms with Gasteiger partial charge in [0.05, 0.1) is 5.54 Å². The summed E-state index contributed by atoms with van der Waals surface area (Å²) in [6.45, 7) is 2.22. The smallest absolute Gasteiger partial charge is 0.244 e. The van der Waals surface area contributed by atoms with Crippen molar-refractivity contribution in [1.82, 2.24) is 10.6 Å². The Morgan fingerprint density at radius 3 is 2.60 bits per heavy atom. The lowest BCUT2D eigenvalue weighted by Gasteiger charge is -2.37. The monoisotopic (exact) mass is 417 g/mol. The zero-order valence-electron chi connectivity index (χ0n) is 17.4. The van der Waals surface area contributed by atoms with E-state index in [2.05, 4.69) is 60.0 Å². The quantitative estimate of drug-likeness (QED) is 0.643. The summed E-state index contributed by atoms with van der Waals surface area (Å²) in [5.74, 6) is 0.896. The molecular formula is C25H27N3OS. The summed E-state index contributed by atoms with van der Waals surface area (Å²) >= 11 is 1.69. The average molecular weight is 418 g/mol. The van der Waals surface area contributed by atoms with Crippen LogP contribution < -0.4 is 10.6 Å². The zero-order chi connectivity index (χ0) is 21.0. The van der Waals surface area contributed by atoms with Crippen molar-refractivity contribution in [3.05, 3.63) is 83.9 Å². The van der Waals surface area contributed by atoms with Gasteiger partial charge in [0.2, 0.25) is 5.91 Å². The van der Waals surface area contributed by atoms with Crippen molar-refractivity contribution in [1.29, 1.82) is 0 Å². The Morgan fingerprint density at radius 1 is 1.10 bits per heavy atom. The highest BCUT2D eigenvalue weighted by Crippen LogP contribution is 2.33. The van der Waals surface area contributed by atoms with Crippen molar-refractivity contribution < 1.29 is 4.79 Å². The summed E-state index contributed by atoms with van der Waals surface area (Å²) in [5.41, 5.74) is 2.14. The van der Waals surface area contributed by atoms with Gasteiger partial charge in [-0.25, -0.2) is 4.99 Å². The molecule has 0 aliphatic carbocycles. The summed E-state index contributed by atoms with van der Waals surface area (Å²) in [5, 5.41) is 9.72. The zero-order valence-corrected chi connectivity index (χ0v) is 18.2. The number of carbonyl (C=O) groups is 1. The van der Waals surface area contributed by atoms with Crippen LogP contribution in [0.1, 0.15) is 24.5 Å². The fraction of sp³-hybridized carbons (Fsp3) is 0.280. The van der Waals surface area contributed by atoms with Crippen LogP contribution in [0.15, 0.2) is 77.8 Å². The minimum atomic E-state index is -0.452. The van der Waals surface area contributed by atoms with Gasteiger partial charge in [-0.05, 0) is 41.3 Å². The summed E-state index contributed by atoms with van der Waals surface area (Å²) in [6, 6.07) is 24.7. The van der Waals surface area contributed by atoms with E-state index in [1.165, 1.54) is 16.3 Å². The van der Waals surface area contributed by atoms with Crippen LogP contribution in [-0.4, -0.2) is 29.9 Å². The molecule has 3 aromatic carbocycles. The maximum atomic E-state index is 12.5. The van der Waals surface area contributed by atoms with Crippen molar-refractivity contribution in [3.8, 4) is 0 Å². The molecule has 1 aliphatic rings. The van der Waals surface area contributed by atoms with Crippen molar-refractivity contribution in [3.63, 3.8) is 0 Å². The minimum absolute atomic E-state index is 0.0632. The average Bonchev–Trinajstić information content (AvgIpc) is 2.78. The molecule has 1 amide bonds. The Bertz CT molecular complexity index is 1070. The van der Waals surface area contributed by atoms with Crippen molar-refractivity contribution in [2.45, 2.75) is 31.3 Å². The van der Waals surface area contributed by atoms with Crippen LogP contribution in [0.25, 0.3) is 10.8 Å². The number of fused-ring (bicyclic) bond motifs is 1. The Morgan fingerprint density at radius 2 is 1.83 bits per heavy atom. The van der Waals surface area contributed by atoms with E-state index in [-0.39, 0.29) is 11.4 Å². The molecule has 4 rings (SSSR count). The number of amides is 1. The van der Waals surface area contributed by atoms with Gasteiger partial charge in [0, 0.05) is 19.2 Å². The predicted molar refractivity (Wildman–Crippen MR) is 127 cm³/mol. The molecule has 30 heavy (non-hydrogen) atoms. The normalized spacial score (nSPS) is 21.2. The largest absolute Gasteiger partial charge is 0.357 e. The van der Waals surface area contributed by atoms with E-state index in [0.29, 0.717) is 6.42 Å². The first kappa shape index (κ1) is 20.5. The highest BCUT2D eigenvalue weighted by atomic mass is 32.2. The number of aliphatic imine (C=N–C) groups is 1. The van der Waals surface area contributed by atoms with E-state index >= 15 is 0 Å². The van der Waals surface area contributed by atoms with Gasteiger partial charge in [-0.1, -0.05) is 78.5 Å². The highest BCUT2D eigenvalue weighted by molar-refractivity contribution is 8.13. The van der Waals surface area contributed by atoms with E-state index in [9.17, 15) is 4.79 Å². The third-order valence-corrected chi connectivity index (χ3v) is 6.59. The molecule has 154 valence electrons. The molecule has 5 heteroatoms. The number of carbonyl (C=O) groups excluding carboxylic acids is 1. The van der Waals surface area contributed by atoms with E-state index in [1.54, 1.807) is 18.8 Å². The van der Waals surface area contributed by atoms with Gasteiger partial charge in [0.1, 0.15) is 6.04 Å². The third-order valence-electron chi connectivity index (χ3n) is 5.70. The second kappa shape index (κ2) is 8.92. The van der Waals surface area contributed by atoms with E-state index < -0.39 is 6.04 Å². The molecule has 1 aliphatic heterocycles. The van der Waals surface area contributed by atoms with Crippen LogP contribution in [0, 0.1) is 0 Å². The molecule has 1 heterocycles. The van der Waals surface area contributed by atoms with Crippen LogP contribution >= 0.6 is 11.8 Å². The number of likely N-dealkylation sites (N-methyl/N-ethyl adjacent to an activating group) is 1. The first-order valence-corrected chi connectivity index (χ1v) is 11.3. The van der Waals surface area contributed by atoms with Crippen molar-refractivity contribution in [2.75, 3.05) is 12.8 Å². The second-order valence-corrected chi connectivity index (χ2v) is 8.96. The summed E-state index contributed by atoms with van der Waals surface area (Å²) in [6.07, 6.45) is 1.58. The molecule has 0 aromatic heterocycles. The summed E-state index contributed by atoms with van der Waals surface area (Å²) in [4.78, 5) is 17.4.